The molecule has 0 aromatic heterocycles. The molecule has 2 aliphatic carbocycles. The second-order valence-corrected chi connectivity index (χ2v) is 12.9. The van der Waals surface area contributed by atoms with E-state index in [1.807, 2.05) is 0 Å². The van der Waals surface area contributed by atoms with Gasteiger partial charge in [-0.1, -0.05) is 123 Å². The van der Waals surface area contributed by atoms with Gasteiger partial charge < -0.3 is 5.16 Å². The van der Waals surface area contributed by atoms with Crippen LogP contribution in [0.4, 0.5) is 0 Å². The van der Waals surface area contributed by atoms with Crippen LogP contribution in [-0.2, 0) is 5.16 Å². The number of hydrogen-bond acceptors (Lipinski definition) is 1. The zero-order chi connectivity index (χ0) is 21.9. The molecular weight excluding hydrogens is 405 g/mol. The molecule has 0 aliphatic heterocycles. The van der Waals surface area contributed by atoms with Crippen LogP contribution in [0.3, 0.4) is 0 Å². The number of rotatable bonds is 5. The van der Waals surface area contributed by atoms with E-state index in [0.717, 1.165) is 12.8 Å². The van der Waals surface area contributed by atoms with Crippen molar-refractivity contribution in [3.63, 3.8) is 0 Å². The maximum absolute atomic E-state index is 10.5. The maximum Gasteiger partial charge on any atom is 0.0379 e. The summed E-state index contributed by atoms with van der Waals surface area (Å²) in [5.41, 5.74) is 2.96. The first-order valence-electron chi connectivity index (χ1n) is 12.5. The Morgan fingerprint density at radius 1 is 0.562 bits per heavy atom. The first kappa shape index (κ1) is 21.7. The van der Waals surface area contributed by atoms with Gasteiger partial charge in [0.05, 0.1) is 0 Å². The molecule has 0 saturated heterocycles. The lowest BCUT2D eigenvalue weighted by Crippen LogP contribution is -2.38. The summed E-state index contributed by atoms with van der Waals surface area (Å²) in [5.74, 6) is 1.64. The zero-order valence-corrected chi connectivity index (χ0v) is 20.0. The highest BCUT2D eigenvalue weighted by Gasteiger charge is 2.49. The van der Waals surface area contributed by atoms with Crippen molar-refractivity contribution in [1.82, 2.24) is 0 Å². The molecule has 1 N–H and O–H groups in total. The fourth-order valence-electron chi connectivity index (χ4n) is 6.31. The summed E-state index contributed by atoms with van der Waals surface area (Å²) < 4.78 is 0. The largest absolute Gasteiger partial charge is 0.309 e. The van der Waals surface area contributed by atoms with E-state index in [-0.39, 0.29) is 5.16 Å². The second-order valence-electron chi connectivity index (χ2n) is 9.64. The van der Waals surface area contributed by atoms with Gasteiger partial charge in [0.25, 0.3) is 0 Å². The highest BCUT2D eigenvalue weighted by molar-refractivity contribution is 7.80. The predicted molar refractivity (Wildman–Crippen MR) is 138 cm³/mol. The standard InChI is InChI=1S/C30H35NP/c31-32(26-17-7-2-8-18-26,27-19-9-3-10-20-27)30(23-13-4-14-24-30)29-22-12-11-21-28(29)25-15-5-1-6-16-25/h2-3,7-12,17-22,31H,1,4-6,13-16,23-24H2. The molecule has 0 spiro atoms. The molecule has 0 amide bonds. The van der Waals surface area contributed by atoms with Crippen molar-refractivity contribution in [3.8, 4) is 0 Å². The van der Waals surface area contributed by atoms with Crippen molar-refractivity contribution in [1.29, 1.82) is 5.16 Å². The lowest BCUT2D eigenvalue weighted by atomic mass is 9.75. The quantitative estimate of drug-likeness (QED) is 0.387. The van der Waals surface area contributed by atoms with Crippen molar-refractivity contribution < 1.29 is 0 Å². The molecule has 0 unspecified atom stereocenters. The lowest BCUT2D eigenvalue weighted by Gasteiger charge is -2.49. The Kier molecular flexibility index (Phi) is 6.38. The molecule has 1 radical (unpaired) electrons. The van der Waals surface area contributed by atoms with Gasteiger partial charge in [0.2, 0.25) is 0 Å². The van der Waals surface area contributed by atoms with E-state index in [1.54, 1.807) is 5.92 Å². The van der Waals surface area contributed by atoms with Crippen LogP contribution in [0, 0.1) is 11.1 Å². The molecule has 2 heteroatoms. The summed E-state index contributed by atoms with van der Waals surface area (Å²) in [6.45, 7) is 0. The summed E-state index contributed by atoms with van der Waals surface area (Å²) >= 11 is 0. The van der Waals surface area contributed by atoms with E-state index in [1.165, 1.54) is 73.1 Å². The predicted octanol–water partition coefficient (Wildman–Crippen LogP) is 8.16. The van der Waals surface area contributed by atoms with Crippen LogP contribution in [-0.4, -0.2) is 0 Å². The minimum absolute atomic E-state index is 0.116. The van der Waals surface area contributed by atoms with E-state index in [4.69, 9.17) is 0 Å². The van der Waals surface area contributed by atoms with Crippen molar-refractivity contribution in [2.24, 2.45) is 0 Å². The average molecular weight is 441 g/mol. The van der Waals surface area contributed by atoms with E-state index in [0.29, 0.717) is 0 Å². The molecule has 0 heterocycles. The Morgan fingerprint density at radius 2 is 1.06 bits per heavy atom. The molecule has 0 atom stereocenters. The lowest BCUT2D eigenvalue weighted by molar-refractivity contribution is 0.396. The van der Waals surface area contributed by atoms with Crippen LogP contribution in [0.25, 0.3) is 0 Å². The minimum atomic E-state index is -2.44. The molecule has 2 aliphatic rings. The Labute approximate surface area is 194 Å². The smallest absolute Gasteiger partial charge is 0.0379 e. The topological polar surface area (TPSA) is 23.9 Å². The number of hydrogen-bond donors (Lipinski definition) is 1. The summed E-state index contributed by atoms with van der Waals surface area (Å²) in [6.07, 6.45) is 12.4. The first-order chi connectivity index (χ1) is 15.8. The van der Waals surface area contributed by atoms with Crippen LogP contribution >= 0.6 is 7.05 Å². The fourth-order valence-corrected chi connectivity index (χ4v) is 10.4. The van der Waals surface area contributed by atoms with Crippen LogP contribution in [0.15, 0.2) is 84.9 Å². The van der Waals surface area contributed by atoms with Gasteiger partial charge in [0.15, 0.2) is 0 Å². The highest BCUT2D eigenvalue weighted by atomic mass is 31.2. The normalized spacial score (nSPS) is 19.5. The van der Waals surface area contributed by atoms with Crippen LogP contribution < -0.4 is 10.6 Å². The molecule has 165 valence electrons. The van der Waals surface area contributed by atoms with Gasteiger partial charge in [-0.15, -0.1) is 0 Å². The van der Waals surface area contributed by atoms with Crippen LogP contribution in [0.5, 0.6) is 0 Å². The molecule has 5 rings (SSSR count). The van der Waals surface area contributed by atoms with Crippen molar-refractivity contribution in [3.05, 3.63) is 102 Å². The third-order valence-corrected chi connectivity index (χ3v) is 12.0. The third kappa shape index (κ3) is 3.69. The highest BCUT2D eigenvalue weighted by Crippen LogP contribution is 2.68. The van der Waals surface area contributed by atoms with Gasteiger partial charge in [-0.2, -0.15) is 0 Å². The Balaban J connectivity index is 1.77. The van der Waals surface area contributed by atoms with Gasteiger partial charge >= 0.3 is 0 Å². The zero-order valence-electron chi connectivity index (χ0n) is 19.1. The van der Waals surface area contributed by atoms with Gasteiger partial charge in [-0.05, 0) is 47.4 Å². The first-order valence-corrected chi connectivity index (χ1v) is 14.2. The van der Waals surface area contributed by atoms with Gasteiger partial charge in [0, 0.05) is 18.1 Å². The van der Waals surface area contributed by atoms with Crippen LogP contribution in [0.1, 0.15) is 75.3 Å². The van der Waals surface area contributed by atoms with E-state index < -0.39 is 7.05 Å². The fraction of sp³-hybridized carbons (Fsp3) is 0.367. The number of nitrogens with one attached hydrogen (secondary N) is 1. The Bertz CT molecular complexity index is 1020. The molecular formula is C30H35NP. The second kappa shape index (κ2) is 9.40. The Morgan fingerprint density at radius 3 is 1.66 bits per heavy atom. The molecule has 1 nitrogen and oxygen atoms in total. The summed E-state index contributed by atoms with van der Waals surface area (Å²) in [4.78, 5) is 0. The van der Waals surface area contributed by atoms with E-state index in [2.05, 4.69) is 84.9 Å². The third-order valence-electron chi connectivity index (χ3n) is 7.88. The average Bonchev–Trinajstić information content (AvgIpc) is 2.90. The van der Waals surface area contributed by atoms with Gasteiger partial charge in [0.1, 0.15) is 0 Å². The van der Waals surface area contributed by atoms with Crippen LogP contribution in [0.2, 0.25) is 0 Å². The molecule has 3 aromatic carbocycles. The van der Waals surface area contributed by atoms with Gasteiger partial charge in [-0.3, -0.25) is 0 Å². The monoisotopic (exact) mass is 440 g/mol. The molecule has 3 aromatic rings. The van der Waals surface area contributed by atoms with E-state index in [9.17, 15) is 5.16 Å². The molecule has 0 bridgehead atoms. The molecule has 2 fully saturated rings. The number of benzene rings is 3. The minimum Gasteiger partial charge on any atom is -0.309 e. The maximum atomic E-state index is 10.5. The van der Waals surface area contributed by atoms with Crippen molar-refractivity contribution in [2.75, 3.05) is 0 Å². The molecule has 2 saturated carbocycles. The summed E-state index contributed by atoms with van der Waals surface area (Å²) in [7, 11) is -2.44. The van der Waals surface area contributed by atoms with Crippen molar-refractivity contribution >= 4 is 17.7 Å². The van der Waals surface area contributed by atoms with Gasteiger partial charge in [-0.25, -0.2) is 0 Å². The van der Waals surface area contributed by atoms with Crippen molar-refractivity contribution in [2.45, 2.75) is 69.4 Å². The summed E-state index contributed by atoms with van der Waals surface area (Å²) in [6, 6.07) is 30.9. The Hall–Kier alpha value is -2.11. The summed E-state index contributed by atoms with van der Waals surface area (Å²) in [5, 5.41) is 12.8. The van der Waals surface area contributed by atoms with E-state index >= 15 is 0 Å². The molecule has 32 heavy (non-hydrogen) atoms. The SMILES string of the molecule is N=P(c1ccccc1)(c1ccccc1)C1(c2ccccc2[C]2CCCCC2)CCCCC1.